The van der Waals surface area contributed by atoms with Gasteiger partial charge in [-0.1, -0.05) is 28.1 Å². The van der Waals surface area contributed by atoms with Crippen molar-refractivity contribution in [1.29, 1.82) is 0 Å². The van der Waals surface area contributed by atoms with Crippen LogP contribution in [-0.2, 0) is 9.59 Å². The average molecular weight is 393 g/mol. The summed E-state index contributed by atoms with van der Waals surface area (Å²) in [5.41, 5.74) is 0.873. The van der Waals surface area contributed by atoms with Crippen LogP contribution in [0.2, 0.25) is 0 Å². The van der Waals surface area contributed by atoms with Gasteiger partial charge in [0.15, 0.2) is 0 Å². The lowest BCUT2D eigenvalue weighted by atomic mass is 10.1. The number of halogens is 4. The topological polar surface area (TPSA) is 49.4 Å². The van der Waals surface area contributed by atoms with Gasteiger partial charge in [-0.15, -0.1) is 0 Å². The number of likely N-dealkylation sites (tertiary alicyclic amines) is 1. The highest BCUT2D eigenvalue weighted by Gasteiger charge is 2.40. The number of carbonyl (C=O) groups excluding carboxylic acids is 2. The van der Waals surface area contributed by atoms with Crippen LogP contribution in [0.25, 0.3) is 0 Å². The predicted octanol–water partition coefficient (Wildman–Crippen LogP) is 3.04. The SMILES string of the molecule is CC(NC(=O)C1CC(=O)N(CC(F)(F)F)C1)c1ccc(Br)cc1. The van der Waals surface area contributed by atoms with Gasteiger partial charge in [-0.25, -0.2) is 0 Å². The largest absolute Gasteiger partial charge is 0.406 e. The molecule has 2 atom stereocenters. The molecule has 126 valence electrons. The van der Waals surface area contributed by atoms with Gasteiger partial charge in [0, 0.05) is 17.4 Å². The fraction of sp³-hybridized carbons (Fsp3) is 0.467. The minimum absolute atomic E-state index is 0.186. The fourth-order valence-electron chi connectivity index (χ4n) is 2.48. The Morgan fingerprint density at radius 1 is 1.39 bits per heavy atom. The molecule has 1 aromatic carbocycles. The van der Waals surface area contributed by atoms with E-state index in [1.54, 1.807) is 6.92 Å². The van der Waals surface area contributed by atoms with Crippen LogP contribution in [0.3, 0.4) is 0 Å². The summed E-state index contributed by atoms with van der Waals surface area (Å²) < 4.78 is 38.0. The van der Waals surface area contributed by atoms with Gasteiger partial charge >= 0.3 is 6.18 Å². The van der Waals surface area contributed by atoms with Gasteiger partial charge in [0.25, 0.3) is 0 Å². The molecule has 4 nitrogen and oxygen atoms in total. The number of alkyl halides is 3. The molecule has 2 rings (SSSR count). The van der Waals surface area contributed by atoms with Crippen LogP contribution in [0.15, 0.2) is 28.7 Å². The highest BCUT2D eigenvalue weighted by molar-refractivity contribution is 9.10. The van der Waals surface area contributed by atoms with Crippen molar-refractivity contribution in [2.75, 3.05) is 13.1 Å². The molecule has 0 aliphatic carbocycles. The molecule has 0 radical (unpaired) electrons. The smallest absolute Gasteiger partial charge is 0.349 e. The van der Waals surface area contributed by atoms with Crippen LogP contribution < -0.4 is 5.32 Å². The lowest BCUT2D eigenvalue weighted by molar-refractivity contribution is -0.157. The molecule has 0 bridgehead atoms. The van der Waals surface area contributed by atoms with E-state index in [1.165, 1.54) is 0 Å². The zero-order valence-electron chi connectivity index (χ0n) is 12.4. The third kappa shape index (κ3) is 4.95. The van der Waals surface area contributed by atoms with Crippen LogP contribution in [0.4, 0.5) is 13.2 Å². The Balaban J connectivity index is 1.93. The van der Waals surface area contributed by atoms with Gasteiger partial charge in [0.1, 0.15) is 6.54 Å². The predicted molar refractivity (Wildman–Crippen MR) is 81.4 cm³/mol. The molecule has 1 saturated heterocycles. The zero-order chi connectivity index (χ0) is 17.2. The van der Waals surface area contributed by atoms with Crippen molar-refractivity contribution in [3.05, 3.63) is 34.3 Å². The zero-order valence-corrected chi connectivity index (χ0v) is 13.9. The van der Waals surface area contributed by atoms with Gasteiger partial charge in [-0.3, -0.25) is 9.59 Å². The van der Waals surface area contributed by atoms with E-state index in [0.29, 0.717) is 4.90 Å². The summed E-state index contributed by atoms with van der Waals surface area (Å²) in [6.45, 7) is 0.278. The van der Waals surface area contributed by atoms with E-state index in [0.717, 1.165) is 10.0 Å². The summed E-state index contributed by atoms with van der Waals surface area (Å²) in [6, 6.07) is 7.06. The van der Waals surface area contributed by atoms with Crippen molar-refractivity contribution in [3.8, 4) is 0 Å². The third-order valence-electron chi connectivity index (χ3n) is 3.68. The second-order valence-electron chi connectivity index (χ2n) is 5.57. The number of hydrogen-bond donors (Lipinski definition) is 1. The van der Waals surface area contributed by atoms with Gasteiger partial charge in [0.05, 0.1) is 12.0 Å². The van der Waals surface area contributed by atoms with Crippen LogP contribution in [-0.4, -0.2) is 36.0 Å². The maximum atomic E-state index is 12.4. The van der Waals surface area contributed by atoms with Gasteiger partial charge in [-0.05, 0) is 24.6 Å². The Labute approximate surface area is 140 Å². The highest BCUT2D eigenvalue weighted by atomic mass is 79.9. The van der Waals surface area contributed by atoms with Crippen molar-refractivity contribution in [1.82, 2.24) is 10.2 Å². The molecule has 2 amide bonds. The molecule has 23 heavy (non-hydrogen) atoms. The molecule has 8 heteroatoms. The fourth-order valence-corrected chi connectivity index (χ4v) is 2.75. The Morgan fingerprint density at radius 2 is 2.00 bits per heavy atom. The van der Waals surface area contributed by atoms with E-state index in [4.69, 9.17) is 0 Å². The van der Waals surface area contributed by atoms with E-state index >= 15 is 0 Å². The first-order valence-corrected chi connectivity index (χ1v) is 7.85. The summed E-state index contributed by atoms with van der Waals surface area (Å²) in [6.07, 6.45) is -4.64. The molecule has 1 aliphatic rings. The minimum atomic E-state index is -4.45. The second kappa shape index (κ2) is 6.90. The molecule has 1 aliphatic heterocycles. The van der Waals surface area contributed by atoms with Crippen molar-refractivity contribution in [2.24, 2.45) is 5.92 Å². The van der Waals surface area contributed by atoms with E-state index < -0.39 is 30.5 Å². The first kappa shape index (κ1) is 17.8. The normalized spacial score (nSPS) is 19.8. The number of hydrogen-bond acceptors (Lipinski definition) is 2. The first-order valence-electron chi connectivity index (χ1n) is 7.06. The monoisotopic (exact) mass is 392 g/mol. The number of nitrogens with one attached hydrogen (secondary N) is 1. The molecule has 0 aromatic heterocycles. The summed E-state index contributed by atoms with van der Waals surface area (Å²) in [7, 11) is 0. The van der Waals surface area contributed by atoms with Crippen LogP contribution in [0.5, 0.6) is 0 Å². The van der Waals surface area contributed by atoms with Crippen molar-refractivity contribution in [3.63, 3.8) is 0 Å². The van der Waals surface area contributed by atoms with Gasteiger partial charge in [0.2, 0.25) is 11.8 Å². The molecular formula is C15H16BrF3N2O2. The van der Waals surface area contributed by atoms with Crippen LogP contribution >= 0.6 is 15.9 Å². The van der Waals surface area contributed by atoms with Crippen molar-refractivity contribution >= 4 is 27.7 Å². The molecule has 2 unspecified atom stereocenters. The third-order valence-corrected chi connectivity index (χ3v) is 4.21. The Bertz CT molecular complexity index is 589. The molecule has 1 aromatic rings. The number of carbonyl (C=O) groups is 2. The van der Waals surface area contributed by atoms with Crippen LogP contribution in [0.1, 0.15) is 24.9 Å². The first-order chi connectivity index (χ1) is 10.7. The molecule has 1 N–H and O–H groups in total. The standard InChI is InChI=1S/C15H16BrF3N2O2/c1-9(10-2-4-12(16)5-3-10)20-14(23)11-6-13(22)21(7-11)8-15(17,18)19/h2-5,9,11H,6-8H2,1H3,(H,20,23). The summed E-state index contributed by atoms with van der Waals surface area (Å²) in [4.78, 5) is 24.5. The van der Waals surface area contributed by atoms with Crippen molar-refractivity contribution in [2.45, 2.75) is 25.6 Å². The van der Waals surface area contributed by atoms with Crippen LogP contribution in [0, 0.1) is 5.92 Å². The van der Waals surface area contributed by atoms with E-state index in [1.807, 2.05) is 24.3 Å². The molecular weight excluding hydrogens is 377 g/mol. The maximum Gasteiger partial charge on any atom is 0.406 e. The van der Waals surface area contributed by atoms with Gasteiger partial charge in [-0.2, -0.15) is 13.2 Å². The second-order valence-corrected chi connectivity index (χ2v) is 6.49. The van der Waals surface area contributed by atoms with Crippen molar-refractivity contribution < 1.29 is 22.8 Å². The number of benzene rings is 1. The number of nitrogens with zero attached hydrogens (tertiary/aromatic N) is 1. The Hall–Kier alpha value is -1.57. The molecule has 1 fully saturated rings. The quantitative estimate of drug-likeness (QED) is 0.855. The minimum Gasteiger partial charge on any atom is -0.349 e. The Kier molecular flexibility index (Phi) is 5.33. The summed E-state index contributed by atoms with van der Waals surface area (Å²) in [5.74, 6) is -1.79. The van der Waals surface area contributed by atoms with E-state index in [2.05, 4.69) is 21.2 Å². The lowest BCUT2D eigenvalue weighted by Gasteiger charge is -2.19. The molecule has 0 spiro atoms. The summed E-state index contributed by atoms with van der Waals surface area (Å²) >= 11 is 3.31. The molecule has 0 saturated carbocycles. The van der Waals surface area contributed by atoms with E-state index in [-0.39, 0.29) is 19.0 Å². The number of rotatable bonds is 4. The van der Waals surface area contributed by atoms with E-state index in [9.17, 15) is 22.8 Å². The Morgan fingerprint density at radius 3 is 2.57 bits per heavy atom. The highest BCUT2D eigenvalue weighted by Crippen LogP contribution is 2.25. The lowest BCUT2D eigenvalue weighted by Crippen LogP contribution is -2.37. The summed E-state index contributed by atoms with van der Waals surface area (Å²) in [5, 5.41) is 2.75. The number of amides is 2. The van der Waals surface area contributed by atoms with Gasteiger partial charge < -0.3 is 10.2 Å². The molecule has 1 heterocycles. The maximum absolute atomic E-state index is 12.4. The average Bonchev–Trinajstić information content (AvgIpc) is 2.79.